The monoisotopic (exact) mass is 503 g/mol. The summed E-state index contributed by atoms with van der Waals surface area (Å²) < 4.78 is 40.3. The molecule has 3 N–H and O–H groups in total. The van der Waals surface area contributed by atoms with E-state index in [0.717, 1.165) is 50.6 Å². The molecule has 10 heteroatoms. The van der Waals surface area contributed by atoms with Gasteiger partial charge in [0.15, 0.2) is 11.6 Å². The Balaban J connectivity index is 1.57. The third kappa shape index (κ3) is 6.28. The molecule has 2 aromatic rings. The highest BCUT2D eigenvalue weighted by molar-refractivity contribution is 5.69. The van der Waals surface area contributed by atoms with Gasteiger partial charge in [0.25, 0.3) is 0 Å². The molecule has 1 aromatic heterocycles. The van der Waals surface area contributed by atoms with Crippen LogP contribution in [0.3, 0.4) is 0 Å². The van der Waals surface area contributed by atoms with E-state index in [0.29, 0.717) is 18.3 Å². The van der Waals surface area contributed by atoms with Gasteiger partial charge in [-0.3, -0.25) is 0 Å². The number of carbonyl (C=O) groups excluding carboxylic acids is 1. The Morgan fingerprint density at radius 2 is 1.89 bits per heavy atom. The highest BCUT2D eigenvalue weighted by atomic mass is 19.1. The summed E-state index contributed by atoms with van der Waals surface area (Å²) in [5.74, 6) is -0.398. The first-order valence-corrected chi connectivity index (χ1v) is 12.5. The zero-order chi connectivity index (χ0) is 25.8. The average Bonchev–Trinajstić information content (AvgIpc) is 3.24. The summed E-state index contributed by atoms with van der Waals surface area (Å²) in [6.45, 7) is 8.39. The molecule has 2 saturated heterocycles. The lowest BCUT2D eigenvalue weighted by molar-refractivity contribution is 0.0444. The van der Waals surface area contributed by atoms with Gasteiger partial charge in [0.05, 0.1) is 19.0 Å². The second kappa shape index (κ2) is 11.0. The van der Waals surface area contributed by atoms with Crippen LogP contribution in [0.5, 0.6) is 5.75 Å². The van der Waals surface area contributed by atoms with Gasteiger partial charge in [0, 0.05) is 19.0 Å². The molecule has 0 radical (unpaired) electrons. The first kappa shape index (κ1) is 26.2. The van der Waals surface area contributed by atoms with Crippen molar-refractivity contribution in [2.24, 2.45) is 5.92 Å². The molecule has 8 nitrogen and oxygen atoms in total. The van der Waals surface area contributed by atoms with E-state index in [1.807, 2.05) is 0 Å². The maximum Gasteiger partial charge on any atom is 0.408 e. The number of hydrogen-bond donors (Lipinski definition) is 3. The van der Waals surface area contributed by atoms with Crippen molar-refractivity contribution < 1.29 is 23.0 Å². The topological polar surface area (TPSA) is 97.4 Å². The molecule has 2 aliphatic heterocycles. The number of halogens is 2. The lowest BCUT2D eigenvalue weighted by Crippen LogP contribution is -2.53. The van der Waals surface area contributed by atoms with Gasteiger partial charge in [0.2, 0.25) is 0 Å². The largest absolute Gasteiger partial charge is 0.490 e. The van der Waals surface area contributed by atoms with Crippen LogP contribution in [0, 0.1) is 17.6 Å². The molecule has 3 heterocycles. The van der Waals surface area contributed by atoms with E-state index >= 15 is 0 Å². The van der Waals surface area contributed by atoms with Crippen molar-refractivity contribution in [3.8, 4) is 5.75 Å². The predicted octanol–water partition coefficient (Wildman–Crippen LogP) is 3.63. The minimum Gasteiger partial charge on any atom is -0.490 e. The molecule has 36 heavy (non-hydrogen) atoms. The Labute approximate surface area is 210 Å². The van der Waals surface area contributed by atoms with Crippen LogP contribution in [-0.2, 0) is 10.3 Å². The smallest absolute Gasteiger partial charge is 0.408 e. The number of carbonyl (C=O) groups is 1. The number of amides is 1. The van der Waals surface area contributed by atoms with Gasteiger partial charge in [-0.25, -0.2) is 23.5 Å². The van der Waals surface area contributed by atoms with Crippen LogP contribution in [0.4, 0.5) is 13.6 Å². The molecule has 1 aromatic carbocycles. The van der Waals surface area contributed by atoms with Crippen LogP contribution < -0.4 is 20.7 Å². The van der Waals surface area contributed by atoms with Gasteiger partial charge < -0.3 is 25.4 Å². The number of piperidine rings is 1. The maximum absolute atomic E-state index is 14.8. The number of ether oxygens (including phenoxy) is 2. The number of aromatic nitrogens is 2. The fourth-order valence-electron chi connectivity index (χ4n) is 4.91. The van der Waals surface area contributed by atoms with Crippen LogP contribution in [0.1, 0.15) is 57.3 Å². The van der Waals surface area contributed by atoms with Gasteiger partial charge in [-0.1, -0.05) is 0 Å². The quantitative estimate of drug-likeness (QED) is 0.531. The van der Waals surface area contributed by atoms with Gasteiger partial charge >= 0.3 is 6.09 Å². The second-order valence-electron chi connectivity index (χ2n) is 10.5. The van der Waals surface area contributed by atoms with Crippen LogP contribution >= 0.6 is 0 Å². The fraction of sp³-hybridized carbons (Fsp3) is 0.577. The van der Waals surface area contributed by atoms with E-state index < -0.39 is 34.8 Å². The van der Waals surface area contributed by atoms with Crippen molar-refractivity contribution in [3.63, 3.8) is 0 Å². The normalized spacial score (nSPS) is 22.9. The third-order valence-corrected chi connectivity index (χ3v) is 6.69. The van der Waals surface area contributed by atoms with Crippen molar-refractivity contribution >= 4 is 6.09 Å². The molecule has 1 amide bonds. The number of rotatable bonds is 7. The van der Waals surface area contributed by atoms with Gasteiger partial charge in [-0.05, 0) is 82.8 Å². The number of benzene rings is 1. The first-order chi connectivity index (χ1) is 17.2. The first-order valence-electron chi connectivity index (χ1n) is 12.5. The number of nitrogens with one attached hydrogen (secondary N) is 3. The molecule has 196 valence electrons. The van der Waals surface area contributed by atoms with E-state index in [2.05, 4.69) is 25.9 Å². The standard InChI is InChI=1S/C26H35F2N5O3/c1-25(2,3)36-24(34)33-26(16-30-15-21(26)20-12-18(27)4-5-22(20)28)23-31-13-19(14-32-23)35-11-8-17-6-9-29-10-7-17/h4-5,12-14,17,21,29-30H,6-11,15-16H2,1-3H3,(H,33,34)/t21-,26+/m1/s1. The van der Waals surface area contributed by atoms with E-state index in [1.54, 1.807) is 33.2 Å². The Hall–Kier alpha value is -2.85. The van der Waals surface area contributed by atoms with Crippen molar-refractivity contribution in [1.82, 2.24) is 25.9 Å². The van der Waals surface area contributed by atoms with Crippen LogP contribution in [0.2, 0.25) is 0 Å². The van der Waals surface area contributed by atoms with Gasteiger partial charge in [-0.15, -0.1) is 0 Å². The zero-order valence-corrected chi connectivity index (χ0v) is 21.1. The summed E-state index contributed by atoms with van der Waals surface area (Å²) in [5, 5.41) is 9.42. The Bertz CT molecular complexity index is 1040. The van der Waals surface area contributed by atoms with Crippen LogP contribution in [0.25, 0.3) is 0 Å². The Morgan fingerprint density at radius 3 is 2.58 bits per heavy atom. The summed E-state index contributed by atoms with van der Waals surface area (Å²) in [4.78, 5) is 21.9. The molecule has 0 bridgehead atoms. The molecule has 4 rings (SSSR count). The fourth-order valence-corrected chi connectivity index (χ4v) is 4.91. The van der Waals surface area contributed by atoms with Crippen molar-refractivity contribution in [2.75, 3.05) is 32.8 Å². The molecule has 0 spiro atoms. The lowest BCUT2D eigenvalue weighted by Gasteiger charge is -2.35. The average molecular weight is 504 g/mol. The molecule has 2 aliphatic rings. The van der Waals surface area contributed by atoms with E-state index in [9.17, 15) is 13.6 Å². The van der Waals surface area contributed by atoms with Crippen molar-refractivity contribution in [1.29, 1.82) is 0 Å². The summed E-state index contributed by atoms with van der Waals surface area (Å²) in [7, 11) is 0. The van der Waals surface area contributed by atoms with Crippen molar-refractivity contribution in [3.05, 3.63) is 53.6 Å². The second-order valence-corrected chi connectivity index (χ2v) is 10.5. The van der Waals surface area contributed by atoms with E-state index in [-0.39, 0.29) is 24.5 Å². The molecule has 0 aliphatic carbocycles. The molecule has 2 atom stereocenters. The van der Waals surface area contributed by atoms with E-state index in [4.69, 9.17) is 9.47 Å². The maximum atomic E-state index is 14.8. The van der Waals surface area contributed by atoms with Crippen molar-refractivity contribution in [2.45, 2.75) is 57.1 Å². The molecular formula is C26H35F2N5O3. The minimum atomic E-state index is -1.26. The number of nitrogens with zero attached hydrogens (tertiary/aromatic N) is 2. The Morgan fingerprint density at radius 1 is 1.17 bits per heavy atom. The summed E-state index contributed by atoms with van der Waals surface area (Å²) in [6.07, 6.45) is 5.66. The van der Waals surface area contributed by atoms with Gasteiger partial charge in [-0.2, -0.15) is 0 Å². The van der Waals surface area contributed by atoms with Crippen LogP contribution in [0.15, 0.2) is 30.6 Å². The predicted molar refractivity (Wildman–Crippen MR) is 131 cm³/mol. The highest BCUT2D eigenvalue weighted by Gasteiger charge is 2.50. The third-order valence-electron chi connectivity index (χ3n) is 6.69. The van der Waals surface area contributed by atoms with E-state index in [1.165, 1.54) is 0 Å². The minimum absolute atomic E-state index is 0.127. The summed E-state index contributed by atoms with van der Waals surface area (Å²) in [5.41, 5.74) is -1.88. The number of hydrogen-bond acceptors (Lipinski definition) is 7. The molecular weight excluding hydrogens is 468 g/mol. The lowest BCUT2D eigenvalue weighted by atomic mass is 9.80. The van der Waals surface area contributed by atoms with Gasteiger partial charge in [0.1, 0.15) is 22.8 Å². The number of alkyl carbamates (subject to hydrolysis) is 1. The molecule has 0 saturated carbocycles. The summed E-state index contributed by atoms with van der Waals surface area (Å²) >= 11 is 0. The van der Waals surface area contributed by atoms with Crippen LogP contribution in [-0.4, -0.2) is 54.4 Å². The Kier molecular flexibility index (Phi) is 8.04. The molecule has 0 unspecified atom stereocenters. The molecule has 2 fully saturated rings. The highest BCUT2D eigenvalue weighted by Crippen LogP contribution is 2.40. The summed E-state index contributed by atoms with van der Waals surface area (Å²) in [6, 6.07) is 3.30. The SMILES string of the molecule is CC(C)(C)OC(=O)N[C@@]1(c2ncc(OCCC3CCNCC3)cn2)CNC[C@@H]1c1cc(F)ccc1F. The zero-order valence-electron chi connectivity index (χ0n) is 21.1.